The second kappa shape index (κ2) is 7.18. The van der Waals surface area contributed by atoms with Crippen molar-refractivity contribution in [1.82, 2.24) is 5.32 Å². The van der Waals surface area contributed by atoms with Crippen LogP contribution in [0.5, 0.6) is 5.75 Å². The molecule has 0 amide bonds. The van der Waals surface area contributed by atoms with Gasteiger partial charge in [0, 0.05) is 18.7 Å². The lowest BCUT2D eigenvalue weighted by Gasteiger charge is -2.15. The second-order valence-electron chi connectivity index (χ2n) is 5.18. The Kier molecular flexibility index (Phi) is 5.28. The van der Waals surface area contributed by atoms with Crippen LogP contribution in [-0.4, -0.2) is 24.0 Å². The van der Waals surface area contributed by atoms with E-state index < -0.39 is 0 Å². The van der Waals surface area contributed by atoms with E-state index >= 15 is 0 Å². The van der Waals surface area contributed by atoms with Crippen LogP contribution < -0.4 is 10.6 Å². The van der Waals surface area contributed by atoms with Crippen molar-refractivity contribution in [2.24, 2.45) is 4.99 Å². The number of anilines is 2. The Bertz CT molecular complexity index is 685. The van der Waals surface area contributed by atoms with E-state index in [-0.39, 0.29) is 18.2 Å². The quantitative estimate of drug-likeness (QED) is 0.757. The number of phenols is 1. The summed E-state index contributed by atoms with van der Waals surface area (Å²) in [6.45, 7) is 3.77. The maximum absolute atomic E-state index is 10.2. The summed E-state index contributed by atoms with van der Waals surface area (Å²) in [6.07, 6.45) is 0.697. The number of nitrogens with one attached hydrogen (secondary N) is 2. The van der Waals surface area contributed by atoms with Gasteiger partial charge in [0.2, 0.25) is 0 Å². The van der Waals surface area contributed by atoms with E-state index in [4.69, 9.17) is 0 Å². The summed E-state index contributed by atoms with van der Waals surface area (Å²) in [4.78, 5) is 4.42. The van der Waals surface area contributed by atoms with Crippen LogP contribution >= 0.6 is 12.4 Å². The zero-order valence-corrected chi connectivity index (χ0v) is 13.3. The van der Waals surface area contributed by atoms with E-state index in [1.807, 2.05) is 43.3 Å². The molecule has 1 aliphatic rings. The van der Waals surface area contributed by atoms with Crippen molar-refractivity contribution in [2.75, 3.05) is 18.4 Å². The number of aromatic hydroxyl groups is 1. The molecule has 116 valence electrons. The Hall–Kier alpha value is -2.20. The van der Waals surface area contributed by atoms with E-state index in [9.17, 15) is 5.11 Å². The molecule has 0 radical (unpaired) electrons. The van der Waals surface area contributed by atoms with Crippen molar-refractivity contribution < 1.29 is 5.11 Å². The summed E-state index contributed by atoms with van der Waals surface area (Å²) in [5, 5.41) is 16.8. The van der Waals surface area contributed by atoms with Crippen LogP contribution in [-0.2, 0) is 6.42 Å². The van der Waals surface area contributed by atoms with Crippen molar-refractivity contribution in [2.45, 2.75) is 13.3 Å². The standard InChI is InChI=1S/C17H19N3O.ClH/c1-12-5-2-3-7-14(12)20-17-13(6-4-8-15(17)21)11-16-18-9-10-19-16;/h2-8,20-21H,9-11H2,1H3,(H,18,19);1H. The van der Waals surface area contributed by atoms with Crippen molar-refractivity contribution in [3.63, 3.8) is 0 Å². The summed E-state index contributed by atoms with van der Waals surface area (Å²) in [5.41, 5.74) is 3.93. The summed E-state index contributed by atoms with van der Waals surface area (Å²) in [5.74, 6) is 1.24. The third kappa shape index (κ3) is 3.52. The molecule has 3 N–H and O–H groups in total. The van der Waals surface area contributed by atoms with Crippen LogP contribution in [0.4, 0.5) is 11.4 Å². The molecule has 0 bridgehead atoms. The van der Waals surface area contributed by atoms with Gasteiger partial charge in [0.25, 0.3) is 0 Å². The van der Waals surface area contributed by atoms with Gasteiger partial charge in [-0.1, -0.05) is 30.3 Å². The fourth-order valence-electron chi connectivity index (χ4n) is 2.47. The van der Waals surface area contributed by atoms with Crippen molar-refractivity contribution in [3.8, 4) is 5.75 Å². The molecule has 1 heterocycles. The van der Waals surface area contributed by atoms with Crippen LogP contribution in [0.1, 0.15) is 11.1 Å². The van der Waals surface area contributed by atoms with Gasteiger partial charge < -0.3 is 15.7 Å². The molecule has 1 aliphatic heterocycles. The minimum absolute atomic E-state index is 0. The normalized spacial score (nSPS) is 13.0. The number of phenolic OH excluding ortho intramolecular Hbond substituents is 1. The highest BCUT2D eigenvalue weighted by Gasteiger charge is 2.13. The molecule has 2 aromatic rings. The molecule has 2 aromatic carbocycles. The third-order valence-corrected chi connectivity index (χ3v) is 3.63. The molecule has 0 saturated carbocycles. The number of rotatable bonds is 4. The number of aliphatic imine (C=N–C) groups is 1. The molecule has 4 nitrogen and oxygen atoms in total. The number of halogens is 1. The Morgan fingerprint density at radius 1 is 1.18 bits per heavy atom. The highest BCUT2D eigenvalue weighted by atomic mass is 35.5. The Balaban J connectivity index is 0.00000176. The molecule has 0 atom stereocenters. The number of hydrogen-bond acceptors (Lipinski definition) is 4. The van der Waals surface area contributed by atoms with Crippen molar-refractivity contribution in [1.29, 1.82) is 0 Å². The first-order valence-electron chi connectivity index (χ1n) is 7.15. The molecule has 22 heavy (non-hydrogen) atoms. The molecule has 3 rings (SSSR count). The summed E-state index contributed by atoms with van der Waals surface area (Å²) in [6, 6.07) is 13.6. The van der Waals surface area contributed by atoms with E-state index in [2.05, 4.69) is 15.6 Å². The largest absolute Gasteiger partial charge is 0.506 e. The van der Waals surface area contributed by atoms with Gasteiger partial charge >= 0.3 is 0 Å². The van der Waals surface area contributed by atoms with Gasteiger partial charge in [-0.05, 0) is 30.2 Å². The minimum Gasteiger partial charge on any atom is -0.506 e. The van der Waals surface area contributed by atoms with Crippen molar-refractivity contribution >= 4 is 29.6 Å². The number of nitrogens with zero attached hydrogens (tertiary/aromatic N) is 1. The van der Waals surface area contributed by atoms with Crippen molar-refractivity contribution in [3.05, 3.63) is 53.6 Å². The first kappa shape index (κ1) is 16.2. The topological polar surface area (TPSA) is 56.6 Å². The molecule has 0 spiro atoms. The molecular weight excluding hydrogens is 298 g/mol. The SMILES string of the molecule is Cc1ccccc1Nc1c(O)cccc1CC1=NCCN1.Cl. The van der Waals surface area contributed by atoms with Crippen LogP contribution in [0, 0.1) is 6.92 Å². The first-order valence-corrected chi connectivity index (χ1v) is 7.15. The zero-order chi connectivity index (χ0) is 14.7. The predicted octanol–water partition coefficient (Wildman–Crippen LogP) is 3.41. The molecule has 5 heteroatoms. The zero-order valence-electron chi connectivity index (χ0n) is 12.5. The summed E-state index contributed by atoms with van der Waals surface area (Å²) >= 11 is 0. The lowest BCUT2D eigenvalue weighted by atomic mass is 10.1. The number of benzene rings is 2. The monoisotopic (exact) mass is 317 g/mol. The Labute approximate surface area is 136 Å². The maximum Gasteiger partial charge on any atom is 0.139 e. The smallest absolute Gasteiger partial charge is 0.139 e. The van der Waals surface area contributed by atoms with Gasteiger partial charge in [-0.15, -0.1) is 12.4 Å². The highest BCUT2D eigenvalue weighted by Crippen LogP contribution is 2.32. The molecule has 0 aliphatic carbocycles. The van der Waals surface area contributed by atoms with Crippen LogP contribution in [0.3, 0.4) is 0 Å². The molecular formula is C17H20ClN3O. The highest BCUT2D eigenvalue weighted by molar-refractivity contribution is 5.88. The van der Waals surface area contributed by atoms with E-state index in [1.54, 1.807) is 6.07 Å². The second-order valence-corrected chi connectivity index (χ2v) is 5.18. The summed E-state index contributed by atoms with van der Waals surface area (Å²) in [7, 11) is 0. The van der Waals surface area contributed by atoms with Gasteiger partial charge in [-0.2, -0.15) is 0 Å². The minimum atomic E-state index is 0. The number of hydrogen-bond donors (Lipinski definition) is 3. The predicted molar refractivity (Wildman–Crippen MR) is 93.8 cm³/mol. The van der Waals surface area contributed by atoms with Crippen LogP contribution in [0.25, 0.3) is 0 Å². The maximum atomic E-state index is 10.2. The molecule has 0 fully saturated rings. The van der Waals surface area contributed by atoms with Gasteiger partial charge in [-0.3, -0.25) is 4.99 Å². The number of amidine groups is 1. The third-order valence-electron chi connectivity index (χ3n) is 3.63. The fraction of sp³-hybridized carbons (Fsp3) is 0.235. The van der Waals surface area contributed by atoms with Gasteiger partial charge in [-0.25, -0.2) is 0 Å². The van der Waals surface area contributed by atoms with Crippen LogP contribution in [0.15, 0.2) is 47.5 Å². The molecule has 0 unspecified atom stereocenters. The lowest BCUT2D eigenvalue weighted by Crippen LogP contribution is -2.21. The first-order chi connectivity index (χ1) is 10.2. The van der Waals surface area contributed by atoms with E-state index in [0.717, 1.165) is 41.4 Å². The number of para-hydroxylation sites is 2. The van der Waals surface area contributed by atoms with Gasteiger partial charge in [0.1, 0.15) is 11.6 Å². The molecule has 0 aromatic heterocycles. The Morgan fingerprint density at radius 2 is 2.00 bits per heavy atom. The average molecular weight is 318 g/mol. The average Bonchev–Trinajstić information content (AvgIpc) is 2.98. The Morgan fingerprint density at radius 3 is 2.73 bits per heavy atom. The summed E-state index contributed by atoms with van der Waals surface area (Å²) < 4.78 is 0. The van der Waals surface area contributed by atoms with E-state index in [0.29, 0.717) is 6.42 Å². The fourth-order valence-corrected chi connectivity index (χ4v) is 2.47. The van der Waals surface area contributed by atoms with E-state index in [1.165, 1.54) is 0 Å². The number of aryl methyl sites for hydroxylation is 1. The molecule has 0 saturated heterocycles. The van der Waals surface area contributed by atoms with Gasteiger partial charge in [0.15, 0.2) is 0 Å². The van der Waals surface area contributed by atoms with Crippen LogP contribution in [0.2, 0.25) is 0 Å². The lowest BCUT2D eigenvalue weighted by molar-refractivity contribution is 0.477. The van der Waals surface area contributed by atoms with Gasteiger partial charge in [0.05, 0.1) is 12.2 Å².